The number of carbonyl (C=O) groups excluding carboxylic acids is 1. The van der Waals surface area contributed by atoms with Gasteiger partial charge in [-0.05, 0) is 44.9 Å². The molecule has 0 aliphatic carbocycles. The smallest absolute Gasteiger partial charge is 0.263 e. The third kappa shape index (κ3) is 4.48. The van der Waals surface area contributed by atoms with Crippen molar-refractivity contribution in [1.29, 1.82) is 0 Å². The monoisotopic (exact) mass is 477 g/mol. The first kappa shape index (κ1) is 23.3. The highest BCUT2D eigenvalue weighted by atomic mass is 32.2. The van der Waals surface area contributed by atoms with Crippen LogP contribution in [0.3, 0.4) is 0 Å². The fraction of sp³-hybridized carbons (Fsp3) is 0.269. The summed E-state index contributed by atoms with van der Waals surface area (Å²) in [6.45, 7) is 12.8. The normalized spacial score (nSPS) is 11.3. The molecule has 0 N–H and O–H groups in total. The molecule has 0 aliphatic heterocycles. The number of carbonyl (C=O) groups is 1. The zero-order valence-corrected chi connectivity index (χ0v) is 21.0. The maximum absolute atomic E-state index is 13.5. The minimum absolute atomic E-state index is 0.0301. The van der Waals surface area contributed by atoms with Gasteiger partial charge in [0.2, 0.25) is 0 Å². The second-order valence-corrected chi connectivity index (χ2v) is 10.3. The Morgan fingerprint density at radius 2 is 1.88 bits per heavy atom. The Kier molecular flexibility index (Phi) is 6.72. The van der Waals surface area contributed by atoms with Crippen LogP contribution in [-0.2, 0) is 13.1 Å². The van der Waals surface area contributed by atoms with Crippen LogP contribution in [-0.4, -0.2) is 25.7 Å². The van der Waals surface area contributed by atoms with Gasteiger partial charge >= 0.3 is 0 Å². The van der Waals surface area contributed by atoms with Crippen LogP contribution >= 0.6 is 23.1 Å². The van der Waals surface area contributed by atoms with E-state index in [4.69, 9.17) is 4.98 Å². The number of allylic oxidation sites excluding steroid dienone is 1. The van der Waals surface area contributed by atoms with Gasteiger partial charge in [-0.25, -0.2) is 4.98 Å². The van der Waals surface area contributed by atoms with Crippen LogP contribution in [0.2, 0.25) is 0 Å². The molecule has 1 aromatic carbocycles. The summed E-state index contributed by atoms with van der Waals surface area (Å²) in [7, 11) is 0. The van der Waals surface area contributed by atoms with Crippen LogP contribution in [0.5, 0.6) is 0 Å². The topological polar surface area (TPSA) is 56.9 Å². The summed E-state index contributed by atoms with van der Waals surface area (Å²) >= 11 is 2.86. The van der Waals surface area contributed by atoms with E-state index in [-0.39, 0.29) is 17.1 Å². The molecule has 4 rings (SSSR count). The van der Waals surface area contributed by atoms with Crippen molar-refractivity contribution in [3.8, 4) is 0 Å². The Morgan fingerprint density at radius 1 is 1.15 bits per heavy atom. The van der Waals surface area contributed by atoms with E-state index in [2.05, 4.69) is 11.1 Å². The highest BCUT2D eigenvalue weighted by Gasteiger charge is 2.20. The van der Waals surface area contributed by atoms with Gasteiger partial charge in [-0.15, -0.1) is 17.9 Å². The van der Waals surface area contributed by atoms with E-state index in [0.29, 0.717) is 29.2 Å². The lowest BCUT2D eigenvalue weighted by atomic mass is 10.2. The van der Waals surface area contributed by atoms with E-state index < -0.39 is 0 Å². The number of nitrogens with zero attached hydrogens (tertiary/aromatic N) is 3. The van der Waals surface area contributed by atoms with E-state index in [1.165, 1.54) is 23.1 Å². The van der Waals surface area contributed by atoms with Crippen LogP contribution in [0.25, 0.3) is 10.2 Å². The highest BCUT2D eigenvalue weighted by molar-refractivity contribution is 7.99. The number of aryl methyl sites for hydroxylation is 3. The van der Waals surface area contributed by atoms with Crippen molar-refractivity contribution >= 4 is 39.1 Å². The molecule has 0 spiro atoms. The first-order chi connectivity index (χ1) is 15.8. The predicted molar refractivity (Wildman–Crippen MR) is 138 cm³/mol. The number of benzene rings is 1. The largest absolute Gasteiger partial charge is 0.345 e. The van der Waals surface area contributed by atoms with Gasteiger partial charge < -0.3 is 4.57 Å². The Morgan fingerprint density at radius 3 is 2.58 bits per heavy atom. The minimum Gasteiger partial charge on any atom is -0.345 e. The molecule has 0 unspecified atom stereocenters. The third-order valence-electron chi connectivity index (χ3n) is 5.96. The molecule has 0 aliphatic rings. The number of aromatic nitrogens is 3. The molecule has 7 heteroatoms. The summed E-state index contributed by atoms with van der Waals surface area (Å²) in [6.07, 6.45) is 1.83. The van der Waals surface area contributed by atoms with Crippen molar-refractivity contribution in [1.82, 2.24) is 14.1 Å². The van der Waals surface area contributed by atoms with Crippen molar-refractivity contribution in [3.63, 3.8) is 0 Å². The lowest BCUT2D eigenvalue weighted by Gasteiger charge is -2.12. The van der Waals surface area contributed by atoms with Crippen LogP contribution in [0, 0.1) is 27.7 Å². The van der Waals surface area contributed by atoms with Crippen molar-refractivity contribution < 1.29 is 4.79 Å². The summed E-state index contributed by atoms with van der Waals surface area (Å²) < 4.78 is 3.79. The lowest BCUT2D eigenvalue weighted by molar-refractivity contribution is 0.102. The van der Waals surface area contributed by atoms with E-state index in [9.17, 15) is 9.59 Å². The average molecular weight is 478 g/mol. The SMILES string of the molecule is C=CCn1c(C)cc(C(=O)CSc2nc3sc(C)c(C)c3c(=O)n2Cc2ccccc2)c1C. The predicted octanol–water partition coefficient (Wildman–Crippen LogP) is 5.70. The van der Waals surface area contributed by atoms with E-state index in [1.807, 2.05) is 70.2 Å². The van der Waals surface area contributed by atoms with Crippen LogP contribution < -0.4 is 5.56 Å². The quantitative estimate of drug-likeness (QED) is 0.141. The van der Waals surface area contributed by atoms with Gasteiger partial charge in [-0.1, -0.05) is 48.2 Å². The maximum atomic E-state index is 13.5. The van der Waals surface area contributed by atoms with Gasteiger partial charge in [0, 0.05) is 28.4 Å². The van der Waals surface area contributed by atoms with E-state index in [0.717, 1.165) is 32.2 Å². The zero-order valence-electron chi connectivity index (χ0n) is 19.3. The molecule has 5 nitrogen and oxygen atoms in total. The molecule has 33 heavy (non-hydrogen) atoms. The zero-order chi connectivity index (χ0) is 23.7. The Hall–Kier alpha value is -2.90. The molecule has 0 radical (unpaired) electrons. The molecule has 0 bridgehead atoms. The number of fused-ring (bicyclic) bond motifs is 1. The highest BCUT2D eigenvalue weighted by Crippen LogP contribution is 2.29. The van der Waals surface area contributed by atoms with Gasteiger partial charge in [-0.3, -0.25) is 14.2 Å². The van der Waals surface area contributed by atoms with Gasteiger partial charge in [0.25, 0.3) is 5.56 Å². The first-order valence-corrected chi connectivity index (χ1v) is 12.6. The van der Waals surface area contributed by atoms with Crippen molar-refractivity contribution in [2.45, 2.75) is 45.9 Å². The Bertz CT molecular complexity index is 1410. The minimum atomic E-state index is -0.0511. The van der Waals surface area contributed by atoms with Crippen LogP contribution in [0.1, 0.15) is 37.7 Å². The van der Waals surface area contributed by atoms with E-state index >= 15 is 0 Å². The molecule has 3 aromatic heterocycles. The second kappa shape index (κ2) is 9.53. The number of Topliss-reactive ketones (excluding diaryl/α,β-unsaturated/α-hetero) is 1. The maximum Gasteiger partial charge on any atom is 0.263 e. The molecule has 0 atom stereocenters. The number of rotatable bonds is 8. The number of hydrogen-bond donors (Lipinski definition) is 0. The molecule has 3 heterocycles. The molecule has 0 fully saturated rings. The summed E-state index contributed by atoms with van der Waals surface area (Å²) in [6, 6.07) is 11.8. The van der Waals surface area contributed by atoms with Crippen molar-refractivity contribution in [2.24, 2.45) is 0 Å². The number of hydrogen-bond acceptors (Lipinski definition) is 5. The van der Waals surface area contributed by atoms with Crippen LogP contribution in [0.4, 0.5) is 0 Å². The van der Waals surface area contributed by atoms with Gasteiger partial charge in [0.15, 0.2) is 10.9 Å². The molecule has 0 saturated carbocycles. The molecular weight excluding hydrogens is 450 g/mol. The number of thioether (sulfide) groups is 1. The van der Waals surface area contributed by atoms with Crippen LogP contribution in [0.15, 0.2) is 59.0 Å². The lowest BCUT2D eigenvalue weighted by Crippen LogP contribution is -2.24. The molecular formula is C26H27N3O2S2. The Labute approximate surface area is 201 Å². The molecule has 0 saturated heterocycles. The summed E-state index contributed by atoms with van der Waals surface area (Å²) in [5, 5.41) is 1.25. The summed E-state index contributed by atoms with van der Waals surface area (Å²) in [4.78, 5) is 33.3. The first-order valence-electron chi connectivity index (χ1n) is 10.8. The van der Waals surface area contributed by atoms with Crippen molar-refractivity contribution in [3.05, 3.63) is 92.4 Å². The third-order valence-corrected chi connectivity index (χ3v) is 8.03. The second-order valence-electron chi connectivity index (χ2n) is 8.13. The molecule has 170 valence electrons. The van der Waals surface area contributed by atoms with E-state index in [1.54, 1.807) is 4.57 Å². The van der Waals surface area contributed by atoms with Crippen molar-refractivity contribution in [2.75, 3.05) is 5.75 Å². The average Bonchev–Trinajstić information content (AvgIpc) is 3.25. The van der Waals surface area contributed by atoms with Gasteiger partial charge in [-0.2, -0.15) is 0 Å². The molecule has 4 aromatic rings. The standard InChI is InChI=1S/C26H27N3O2S2/c1-6-12-28-16(2)13-21(18(28)4)22(30)15-32-26-27-24-23(17(3)19(5)33-24)25(31)29(26)14-20-10-8-7-9-11-20/h6-11,13H,1,12,14-15H2,2-5H3. The summed E-state index contributed by atoms with van der Waals surface area (Å²) in [5.74, 6) is 0.247. The number of ketones is 1. The van der Waals surface area contributed by atoms with Gasteiger partial charge in [0.1, 0.15) is 4.83 Å². The fourth-order valence-corrected chi connectivity index (χ4v) is 5.98. The molecule has 0 amide bonds. The Balaban J connectivity index is 1.70. The number of thiophene rings is 1. The fourth-order valence-electron chi connectivity index (χ4n) is 4.03. The summed E-state index contributed by atoms with van der Waals surface area (Å²) in [5.41, 5.74) is 4.63. The van der Waals surface area contributed by atoms with Gasteiger partial charge in [0.05, 0.1) is 17.7 Å².